The Hall–Kier alpha value is -2.31. The van der Waals surface area contributed by atoms with Crippen LogP contribution in [0.4, 0.5) is 4.39 Å². The number of carbonyl (C=O) groups is 1. The van der Waals surface area contributed by atoms with Gasteiger partial charge in [0, 0.05) is 18.7 Å². The first-order valence-electron chi connectivity index (χ1n) is 7.12. The van der Waals surface area contributed by atoms with Crippen LogP contribution in [-0.4, -0.2) is 19.6 Å². The molecular formula is C17H19ClFN2O3-. The molecule has 0 fully saturated rings. The molecule has 0 saturated carbocycles. The van der Waals surface area contributed by atoms with Crippen LogP contribution in [0.5, 0.6) is 11.5 Å². The molecule has 130 valence electrons. The predicted octanol–water partition coefficient (Wildman–Crippen LogP) is -1.01. The maximum atomic E-state index is 12.9. The number of halogens is 2. The molecule has 2 rings (SSSR count). The van der Waals surface area contributed by atoms with Crippen LogP contribution < -0.4 is 32.9 Å². The van der Waals surface area contributed by atoms with Gasteiger partial charge in [-0.15, -0.1) is 0 Å². The summed E-state index contributed by atoms with van der Waals surface area (Å²) in [7, 11) is 1.53. The molecule has 0 bridgehead atoms. The number of carbonyl (C=O) groups excluding carboxylic acids is 1. The number of benzene rings is 2. The van der Waals surface area contributed by atoms with Gasteiger partial charge in [0.05, 0.1) is 7.11 Å². The fraction of sp³-hybridized carbons (Fsp3) is 0.235. The van der Waals surface area contributed by atoms with E-state index >= 15 is 0 Å². The average molecular weight is 354 g/mol. The van der Waals surface area contributed by atoms with Crippen LogP contribution in [0.3, 0.4) is 0 Å². The molecule has 0 unspecified atom stereocenters. The van der Waals surface area contributed by atoms with Gasteiger partial charge in [-0.2, -0.15) is 0 Å². The molecule has 0 aliphatic carbocycles. The lowest BCUT2D eigenvalue weighted by Crippen LogP contribution is -3.00. The zero-order valence-electron chi connectivity index (χ0n) is 13.2. The van der Waals surface area contributed by atoms with E-state index in [0.29, 0.717) is 24.6 Å². The molecular weight excluding hydrogens is 335 g/mol. The molecule has 0 aromatic heterocycles. The van der Waals surface area contributed by atoms with Gasteiger partial charge in [-0.05, 0) is 23.8 Å². The molecule has 5 nitrogen and oxygen atoms in total. The third kappa shape index (κ3) is 5.72. The van der Waals surface area contributed by atoms with E-state index in [1.54, 1.807) is 18.2 Å². The highest BCUT2D eigenvalue weighted by Crippen LogP contribution is 2.31. The monoisotopic (exact) mass is 353 g/mol. The van der Waals surface area contributed by atoms with Gasteiger partial charge in [-0.3, -0.25) is 4.79 Å². The highest BCUT2D eigenvalue weighted by molar-refractivity contribution is 5.75. The van der Waals surface area contributed by atoms with Crippen molar-refractivity contribution >= 4 is 5.91 Å². The Morgan fingerprint density at radius 3 is 2.50 bits per heavy atom. The van der Waals surface area contributed by atoms with Crippen molar-refractivity contribution in [2.75, 3.05) is 13.7 Å². The van der Waals surface area contributed by atoms with Gasteiger partial charge in [-0.25, -0.2) is 4.39 Å². The number of ether oxygens (including phenoxy) is 2. The molecule has 1 amide bonds. The van der Waals surface area contributed by atoms with Crippen LogP contribution in [0.1, 0.15) is 11.1 Å². The predicted molar refractivity (Wildman–Crippen MR) is 84.6 cm³/mol. The molecule has 0 heterocycles. The Bertz CT molecular complexity index is 665. The van der Waals surface area contributed by atoms with Gasteiger partial charge >= 0.3 is 0 Å². The molecule has 7 heteroatoms. The molecule has 24 heavy (non-hydrogen) atoms. The van der Waals surface area contributed by atoms with E-state index in [1.807, 2.05) is 12.1 Å². The van der Waals surface area contributed by atoms with Crippen molar-refractivity contribution in [2.45, 2.75) is 13.1 Å². The standard InChI is InChI=1S/C17H19FN2O3.ClH/c1-22-15-4-2-3-13(17(15)23-11-16(19)21)10-20-9-12-5-7-14(18)8-6-12;/h2-8,20H,9-11H2,1H3,(H2,19,21);1H/p-1. The molecule has 3 N–H and O–H groups in total. The molecule has 0 saturated heterocycles. The van der Waals surface area contributed by atoms with E-state index < -0.39 is 5.91 Å². The van der Waals surface area contributed by atoms with Crippen molar-refractivity contribution in [3.05, 3.63) is 59.4 Å². The van der Waals surface area contributed by atoms with E-state index in [1.165, 1.54) is 19.2 Å². The Kier molecular flexibility index (Phi) is 8.01. The minimum absolute atomic E-state index is 0. The summed E-state index contributed by atoms with van der Waals surface area (Å²) in [5, 5.41) is 3.24. The van der Waals surface area contributed by atoms with Crippen LogP contribution in [-0.2, 0) is 17.9 Å². The number of para-hydroxylation sites is 1. The Balaban J connectivity index is 0.00000288. The van der Waals surface area contributed by atoms with E-state index in [0.717, 1.165) is 11.1 Å². The Morgan fingerprint density at radius 2 is 1.88 bits per heavy atom. The minimum atomic E-state index is -0.555. The van der Waals surface area contributed by atoms with Crippen molar-refractivity contribution in [3.8, 4) is 11.5 Å². The van der Waals surface area contributed by atoms with Crippen molar-refractivity contribution in [1.82, 2.24) is 5.32 Å². The van der Waals surface area contributed by atoms with E-state index in [-0.39, 0.29) is 24.8 Å². The average Bonchev–Trinajstić information content (AvgIpc) is 2.55. The van der Waals surface area contributed by atoms with E-state index in [9.17, 15) is 9.18 Å². The number of hydrogen-bond acceptors (Lipinski definition) is 4. The smallest absolute Gasteiger partial charge is 0.255 e. The molecule has 0 spiro atoms. The van der Waals surface area contributed by atoms with Crippen LogP contribution in [0, 0.1) is 5.82 Å². The Labute approximate surface area is 146 Å². The zero-order chi connectivity index (χ0) is 16.7. The van der Waals surface area contributed by atoms with Crippen molar-refractivity contribution in [1.29, 1.82) is 0 Å². The van der Waals surface area contributed by atoms with Gasteiger partial charge < -0.3 is 32.9 Å². The molecule has 0 aliphatic rings. The van der Waals surface area contributed by atoms with E-state index in [4.69, 9.17) is 15.2 Å². The first-order valence-corrected chi connectivity index (χ1v) is 7.12. The fourth-order valence-corrected chi connectivity index (χ4v) is 2.11. The largest absolute Gasteiger partial charge is 1.00 e. The summed E-state index contributed by atoms with van der Waals surface area (Å²) in [4.78, 5) is 10.9. The van der Waals surface area contributed by atoms with Gasteiger partial charge in [0.2, 0.25) is 0 Å². The third-order valence-electron chi connectivity index (χ3n) is 3.20. The van der Waals surface area contributed by atoms with Gasteiger partial charge in [-0.1, -0.05) is 24.3 Å². The summed E-state index contributed by atoms with van der Waals surface area (Å²) in [6.45, 7) is 0.862. The van der Waals surface area contributed by atoms with Crippen LogP contribution in [0.2, 0.25) is 0 Å². The van der Waals surface area contributed by atoms with Crippen LogP contribution >= 0.6 is 0 Å². The first kappa shape index (κ1) is 19.7. The second-order valence-electron chi connectivity index (χ2n) is 4.93. The summed E-state index contributed by atoms with van der Waals surface area (Å²) in [5.41, 5.74) is 6.93. The summed E-state index contributed by atoms with van der Waals surface area (Å²) < 4.78 is 23.6. The van der Waals surface area contributed by atoms with Gasteiger partial charge in [0.25, 0.3) is 5.91 Å². The van der Waals surface area contributed by atoms with E-state index in [2.05, 4.69) is 5.32 Å². The van der Waals surface area contributed by atoms with Crippen LogP contribution in [0.25, 0.3) is 0 Å². The van der Waals surface area contributed by atoms with Crippen LogP contribution in [0.15, 0.2) is 42.5 Å². The number of rotatable bonds is 8. The lowest BCUT2D eigenvalue weighted by Gasteiger charge is -2.14. The highest BCUT2D eigenvalue weighted by Gasteiger charge is 2.11. The van der Waals surface area contributed by atoms with Gasteiger partial charge in [0.15, 0.2) is 18.1 Å². The number of methoxy groups -OCH3 is 1. The number of nitrogens with one attached hydrogen (secondary N) is 1. The number of hydrogen-bond donors (Lipinski definition) is 2. The van der Waals surface area contributed by atoms with Crippen molar-refractivity contribution < 1.29 is 31.1 Å². The van der Waals surface area contributed by atoms with Crippen molar-refractivity contribution in [3.63, 3.8) is 0 Å². The topological polar surface area (TPSA) is 73.6 Å². The normalized spacial score (nSPS) is 9.92. The lowest BCUT2D eigenvalue weighted by atomic mass is 10.1. The number of nitrogens with two attached hydrogens (primary N) is 1. The zero-order valence-corrected chi connectivity index (χ0v) is 14.0. The SMILES string of the molecule is COc1cccc(CNCc2ccc(F)cc2)c1OCC(N)=O.[Cl-]. The second kappa shape index (κ2) is 9.75. The third-order valence-corrected chi connectivity index (χ3v) is 3.20. The Morgan fingerprint density at radius 1 is 1.17 bits per heavy atom. The number of primary amides is 1. The lowest BCUT2D eigenvalue weighted by molar-refractivity contribution is -0.119. The first-order chi connectivity index (χ1) is 11.1. The quantitative estimate of drug-likeness (QED) is 0.638. The number of amides is 1. The molecule has 0 aliphatic heterocycles. The molecule has 0 radical (unpaired) electrons. The molecule has 2 aromatic carbocycles. The maximum absolute atomic E-state index is 12.9. The highest BCUT2D eigenvalue weighted by atomic mass is 35.5. The summed E-state index contributed by atoms with van der Waals surface area (Å²) in [6, 6.07) is 11.7. The maximum Gasteiger partial charge on any atom is 0.255 e. The summed E-state index contributed by atoms with van der Waals surface area (Å²) >= 11 is 0. The molecule has 0 atom stereocenters. The summed E-state index contributed by atoms with van der Waals surface area (Å²) in [5.74, 6) is 0.206. The summed E-state index contributed by atoms with van der Waals surface area (Å²) in [6.07, 6.45) is 0. The van der Waals surface area contributed by atoms with Crippen molar-refractivity contribution in [2.24, 2.45) is 5.73 Å². The van der Waals surface area contributed by atoms with Gasteiger partial charge in [0.1, 0.15) is 5.82 Å². The second-order valence-corrected chi connectivity index (χ2v) is 4.93. The molecule has 2 aromatic rings. The minimum Gasteiger partial charge on any atom is -1.00 e. The fourth-order valence-electron chi connectivity index (χ4n) is 2.11.